The third-order valence-corrected chi connectivity index (χ3v) is 7.32. The first kappa shape index (κ1) is 27.2. The molecule has 0 spiro atoms. The van der Waals surface area contributed by atoms with Crippen molar-refractivity contribution in [2.45, 2.75) is 26.2 Å². The Bertz CT molecular complexity index is 1660. The highest BCUT2D eigenvalue weighted by Gasteiger charge is 2.27. The van der Waals surface area contributed by atoms with E-state index < -0.39 is 6.09 Å². The van der Waals surface area contributed by atoms with Crippen LogP contribution in [0.5, 0.6) is 0 Å². The van der Waals surface area contributed by atoms with Crippen molar-refractivity contribution in [2.75, 3.05) is 16.8 Å². The molecule has 2 amide bonds. The zero-order valence-electron chi connectivity index (χ0n) is 21.4. The van der Waals surface area contributed by atoms with Gasteiger partial charge in [-0.1, -0.05) is 60.5 Å². The van der Waals surface area contributed by atoms with Crippen LogP contribution < -0.4 is 10.2 Å². The van der Waals surface area contributed by atoms with Gasteiger partial charge < -0.3 is 10.1 Å². The summed E-state index contributed by atoms with van der Waals surface area (Å²) in [5.41, 5.74) is 3.07. The standard InChI is InChI=1S/C28H24ClFN6O3S/c1-2-3-13-39-28(38)36(23-12-11-22-21(25(23)29)16-31-33-22)27-35-34-26(40-27)18-5-4-6-20(15-18)32-24(37)14-17-7-9-19(30)10-8-17/h4-12,15-16H,2-3,13-14H2,1H3,(H,31,33)(H,32,37). The second-order valence-electron chi connectivity index (χ2n) is 8.86. The molecule has 0 aliphatic carbocycles. The van der Waals surface area contributed by atoms with Gasteiger partial charge in [-0.2, -0.15) is 5.10 Å². The molecule has 3 aromatic carbocycles. The first-order valence-corrected chi connectivity index (χ1v) is 13.7. The summed E-state index contributed by atoms with van der Waals surface area (Å²) in [6, 6.07) is 16.4. The lowest BCUT2D eigenvalue weighted by Crippen LogP contribution is -2.27. The third kappa shape index (κ3) is 6.11. The molecule has 40 heavy (non-hydrogen) atoms. The summed E-state index contributed by atoms with van der Waals surface area (Å²) in [6.45, 7) is 2.26. The molecule has 0 bridgehead atoms. The molecule has 2 heterocycles. The lowest BCUT2D eigenvalue weighted by atomic mass is 10.1. The highest BCUT2D eigenvalue weighted by Crippen LogP contribution is 2.39. The molecule has 2 aromatic heterocycles. The normalized spacial score (nSPS) is 11.0. The minimum absolute atomic E-state index is 0.102. The maximum atomic E-state index is 13.2. The number of fused-ring (bicyclic) bond motifs is 1. The summed E-state index contributed by atoms with van der Waals surface area (Å²) in [4.78, 5) is 27.1. The van der Waals surface area contributed by atoms with Crippen LogP contribution in [0, 0.1) is 5.82 Å². The first-order valence-electron chi connectivity index (χ1n) is 12.5. The van der Waals surface area contributed by atoms with Crippen molar-refractivity contribution < 1.29 is 18.7 Å². The molecule has 2 N–H and O–H groups in total. The van der Waals surface area contributed by atoms with Gasteiger partial charge >= 0.3 is 6.09 Å². The molecule has 9 nitrogen and oxygen atoms in total. The van der Waals surface area contributed by atoms with Crippen molar-refractivity contribution in [3.05, 3.63) is 83.3 Å². The number of hydrogen-bond acceptors (Lipinski definition) is 7. The van der Waals surface area contributed by atoms with Gasteiger partial charge in [0.2, 0.25) is 11.0 Å². The quantitative estimate of drug-likeness (QED) is 0.180. The average molecular weight is 579 g/mol. The Morgan fingerprint density at radius 1 is 1.12 bits per heavy atom. The van der Waals surface area contributed by atoms with E-state index in [1.54, 1.807) is 48.7 Å². The molecule has 0 aliphatic heterocycles. The van der Waals surface area contributed by atoms with E-state index >= 15 is 0 Å². The number of nitrogens with one attached hydrogen (secondary N) is 2. The van der Waals surface area contributed by atoms with E-state index in [9.17, 15) is 14.0 Å². The Kier molecular flexibility index (Phi) is 8.32. The van der Waals surface area contributed by atoms with Gasteiger partial charge in [0, 0.05) is 16.6 Å². The number of aromatic nitrogens is 4. The lowest BCUT2D eigenvalue weighted by Gasteiger charge is -2.20. The largest absolute Gasteiger partial charge is 0.449 e. The van der Waals surface area contributed by atoms with Gasteiger partial charge in [-0.3, -0.25) is 9.89 Å². The fourth-order valence-corrected chi connectivity index (χ4v) is 5.08. The van der Waals surface area contributed by atoms with Gasteiger partial charge in [0.05, 0.1) is 35.5 Å². The molecule has 0 fully saturated rings. The van der Waals surface area contributed by atoms with Crippen LogP contribution in [-0.2, 0) is 16.0 Å². The predicted octanol–water partition coefficient (Wildman–Crippen LogP) is 7.13. The smallest absolute Gasteiger partial charge is 0.420 e. The van der Waals surface area contributed by atoms with Crippen LogP contribution in [0.15, 0.2) is 66.9 Å². The van der Waals surface area contributed by atoms with Crippen LogP contribution in [0.2, 0.25) is 5.02 Å². The SMILES string of the molecule is CCCCOC(=O)N(c1nnc(-c2cccc(NC(=O)Cc3ccc(F)cc3)c2)s1)c1ccc2[nH]ncc2c1Cl. The van der Waals surface area contributed by atoms with E-state index in [-0.39, 0.29) is 29.9 Å². The fraction of sp³-hybridized carbons (Fsp3) is 0.179. The number of carbonyl (C=O) groups is 2. The molecule has 0 aliphatic rings. The zero-order chi connectivity index (χ0) is 28.1. The topological polar surface area (TPSA) is 113 Å². The number of halogens is 2. The van der Waals surface area contributed by atoms with Crippen molar-refractivity contribution >= 4 is 62.3 Å². The summed E-state index contributed by atoms with van der Waals surface area (Å²) in [5, 5.41) is 20.1. The highest BCUT2D eigenvalue weighted by atomic mass is 35.5. The monoisotopic (exact) mass is 578 g/mol. The minimum atomic E-state index is -0.622. The maximum absolute atomic E-state index is 13.2. The third-order valence-electron chi connectivity index (χ3n) is 5.96. The van der Waals surface area contributed by atoms with Crippen LogP contribution in [0.25, 0.3) is 21.5 Å². The number of hydrogen-bond donors (Lipinski definition) is 2. The number of rotatable bonds is 9. The van der Waals surface area contributed by atoms with Gasteiger partial charge in [-0.05, 0) is 48.4 Å². The summed E-state index contributed by atoms with van der Waals surface area (Å²) in [7, 11) is 0. The molecule has 0 atom stereocenters. The number of benzene rings is 3. The van der Waals surface area contributed by atoms with E-state index in [1.807, 2.05) is 13.0 Å². The molecule has 5 aromatic rings. The Morgan fingerprint density at radius 3 is 2.75 bits per heavy atom. The van der Waals surface area contributed by atoms with Crippen LogP contribution in [0.3, 0.4) is 0 Å². The fourth-order valence-electron chi connectivity index (χ4n) is 3.94. The number of ether oxygens (including phenoxy) is 1. The van der Waals surface area contributed by atoms with Gasteiger partial charge in [0.25, 0.3) is 0 Å². The minimum Gasteiger partial charge on any atom is -0.449 e. The zero-order valence-corrected chi connectivity index (χ0v) is 22.9. The van der Waals surface area contributed by atoms with Crippen molar-refractivity contribution in [3.63, 3.8) is 0 Å². The van der Waals surface area contributed by atoms with Crippen molar-refractivity contribution in [2.24, 2.45) is 0 Å². The average Bonchev–Trinajstić information content (AvgIpc) is 3.63. The van der Waals surface area contributed by atoms with Crippen molar-refractivity contribution in [1.82, 2.24) is 20.4 Å². The van der Waals surface area contributed by atoms with E-state index in [2.05, 4.69) is 25.7 Å². The molecule has 0 radical (unpaired) electrons. The Hall–Kier alpha value is -4.35. The molecule has 12 heteroatoms. The van der Waals surface area contributed by atoms with Gasteiger partial charge in [-0.25, -0.2) is 14.1 Å². The van der Waals surface area contributed by atoms with Crippen LogP contribution >= 0.6 is 22.9 Å². The van der Waals surface area contributed by atoms with Crippen LogP contribution in [0.4, 0.5) is 25.7 Å². The second-order valence-corrected chi connectivity index (χ2v) is 10.2. The number of amides is 2. The molecule has 0 unspecified atom stereocenters. The van der Waals surface area contributed by atoms with E-state index in [0.29, 0.717) is 37.9 Å². The summed E-state index contributed by atoms with van der Waals surface area (Å²) in [5.74, 6) is -0.600. The molecule has 0 saturated carbocycles. The summed E-state index contributed by atoms with van der Waals surface area (Å²) >= 11 is 7.86. The van der Waals surface area contributed by atoms with Crippen LogP contribution in [-0.4, -0.2) is 39.0 Å². The van der Waals surface area contributed by atoms with E-state index in [1.165, 1.54) is 28.4 Å². The lowest BCUT2D eigenvalue weighted by molar-refractivity contribution is -0.115. The van der Waals surface area contributed by atoms with E-state index in [4.69, 9.17) is 16.3 Å². The Labute approximate surface area is 237 Å². The molecule has 5 rings (SSSR count). The van der Waals surface area contributed by atoms with Crippen molar-refractivity contribution in [3.8, 4) is 10.6 Å². The van der Waals surface area contributed by atoms with Gasteiger partial charge in [0.15, 0.2) is 0 Å². The van der Waals surface area contributed by atoms with E-state index in [0.717, 1.165) is 18.4 Å². The molecule has 0 saturated heterocycles. The number of carbonyl (C=O) groups excluding carboxylic acids is 2. The maximum Gasteiger partial charge on any atom is 0.420 e. The predicted molar refractivity (Wildman–Crippen MR) is 154 cm³/mol. The highest BCUT2D eigenvalue weighted by molar-refractivity contribution is 7.18. The summed E-state index contributed by atoms with van der Waals surface area (Å²) < 4.78 is 18.7. The Morgan fingerprint density at radius 2 is 1.95 bits per heavy atom. The molecule has 204 valence electrons. The number of aromatic amines is 1. The first-order chi connectivity index (χ1) is 19.4. The van der Waals surface area contributed by atoms with Gasteiger partial charge in [0.1, 0.15) is 10.8 Å². The van der Waals surface area contributed by atoms with Crippen LogP contribution in [0.1, 0.15) is 25.3 Å². The number of unbranched alkanes of at least 4 members (excludes halogenated alkanes) is 1. The number of H-pyrrole nitrogens is 1. The summed E-state index contributed by atoms with van der Waals surface area (Å²) in [6.07, 6.45) is 2.65. The number of nitrogens with zero attached hydrogens (tertiary/aromatic N) is 4. The molecular weight excluding hydrogens is 555 g/mol. The number of anilines is 3. The molecular formula is C28H24ClFN6O3S. The second kappa shape index (κ2) is 12.2. The van der Waals surface area contributed by atoms with Gasteiger partial charge in [-0.15, -0.1) is 10.2 Å². The van der Waals surface area contributed by atoms with Crippen molar-refractivity contribution in [1.29, 1.82) is 0 Å². The Balaban J connectivity index is 1.40.